The van der Waals surface area contributed by atoms with Crippen LogP contribution in [-0.4, -0.2) is 32.6 Å². The largest absolute Gasteiger partial charge is 0.412 e. The van der Waals surface area contributed by atoms with Crippen LogP contribution in [0.3, 0.4) is 0 Å². The second kappa shape index (κ2) is 7.94. The van der Waals surface area contributed by atoms with E-state index in [-0.39, 0.29) is 0 Å². The molecule has 0 aromatic heterocycles. The number of rotatable bonds is 9. The van der Waals surface area contributed by atoms with E-state index in [1.54, 1.807) is 6.08 Å². The maximum atomic E-state index is 5.32. The predicted octanol–water partition coefficient (Wildman–Crippen LogP) is 1.91. The van der Waals surface area contributed by atoms with Gasteiger partial charge in [-0.3, -0.25) is 4.74 Å². The molecular formula is C10H20O4. The Morgan fingerprint density at radius 3 is 1.64 bits per heavy atom. The summed E-state index contributed by atoms with van der Waals surface area (Å²) in [7, 11) is 0. The van der Waals surface area contributed by atoms with Gasteiger partial charge in [-0.15, -0.1) is 6.58 Å². The number of hydrogen-bond acceptors (Lipinski definition) is 4. The quantitative estimate of drug-likeness (QED) is 0.424. The first-order valence-electron chi connectivity index (χ1n) is 4.91. The van der Waals surface area contributed by atoms with Crippen LogP contribution in [-0.2, 0) is 18.9 Å². The Morgan fingerprint density at radius 2 is 1.36 bits per heavy atom. The highest BCUT2D eigenvalue weighted by Gasteiger charge is 2.33. The van der Waals surface area contributed by atoms with Crippen molar-refractivity contribution in [3.8, 4) is 0 Å². The molecule has 0 rings (SSSR count). The summed E-state index contributed by atoms with van der Waals surface area (Å²) < 4.78 is 21.2. The molecule has 0 aromatic rings. The van der Waals surface area contributed by atoms with Crippen molar-refractivity contribution in [1.29, 1.82) is 0 Å². The van der Waals surface area contributed by atoms with E-state index in [4.69, 9.17) is 18.9 Å². The SMILES string of the molecule is C=CCOC(OCC)(OCC)OCC. The Hall–Kier alpha value is -0.420. The number of ether oxygens (including phenoxy) is 4. The fourth-order valence-electron chi connectivity index (χ4n) is 0.941. The molecule has 14 heavy (non-hydrogen) atoms. The summed E-state index contributed by atoms with van der Waals surface area (Å²) in [5.41, 5.74) is 0. The van der Waals surface area contributed by atoms with Crippen LogP contribution < -0.4 is 0 Å². The summed E-state index contributed by atoms with van der Waals surface area (Å²) >= 11 is 0. The van der Waals surface area contributed by atoms with Crippen LogP contribution in [0.4, 0.5) is 0 Å². The topological polar surface area (TPSA) is 36.9 Å². The molecule has 0 fully saturated rings. The van der Waals surface area contributed by atoms with Crippen LogP contribution in [0.2, 0.25) is 0 Å². The van der Waals surface area contributed by atoms with Gasteiger partial charge in [-0.25, -0.2) is 0 Å². The lowest BCUT2D eigenvalue weighted by Crippen LogP contribution is -2.42. The van der Waals surface area contributed by atoms with Crippen LogP contribution >= 0.6 is 0 Å². The molecule has 0 aliphatic rings. The molecule has 0 aliphatic heterocycles. The molecule has 0 atom stereocenters. The zero-order chi connectivity index (χ0) is 10.9. The second-order valence-corrected chi connectivity index (χ2v) is 2.40. The van der Waals surface area contributed by atoms with Crippen molar-refractivity contribution in [2.75, 3.05) is 26.4 Å². The smallest absolute Gasteiger partial charge is 0.304 e. The Balaban J connectivity index is 4.28. The summed E-state index contributed by atoms with van der Waals surface area (Å²) in [6.07, 6.45) is 0.248. The highest BCUT2D eigenvalue weighted by molar-refractivity contribution is 4.64. The molecule has 0 aliphatic carbocycles. The molecule has 0 radical (unpaired) electrons. The summed E-state index contributed by atoms with van der Waals surface area (Å²) in [6, 6.07) is 0. The molecule has 84 valence electrons. The summed E-state index contributed by atoms with van der Waals surface area (Å²) in [6.45, 7) is 10.8. The van der Waals surface area contributed by atoms with E-state index < -0.39 is 6.16 Å². The van der Waals surface area contributed by atoms with E-state index in [0.29, 0.717) is 26.4 Å². The van der Waals surface area contributed by atoms with E-state index in [1.807, 2.05) is 20.8 Å². The van der Waals surface area contributed by atoms with Crippen molar-refractivity contribution < 1.29 is 18.9 Å². The average Bonchev–Trinajstić information content (AvgIpc) is 2.16. The van der Waals surface area contributed by atoms with Crippen molar-refractivity contribution >= 4 is 0 Å². The second-order valence-electron chi connectivity index (χ2n) is 2.40. The lowest BCUT2D eigenvalue weighted by molar-refractivity contribution is -0.494. The van der Waals surface area contributed by atoms with Gasteiger partial charge in [0.15, 0.2) is 0 Å². The average molecular weight is 204 g/mol. The third-order valence-electron chi connectivity index (χ3n) is 1.34. The van der Waals surface area contributed by atoms with Gasteiger partial charge >= 0.3 is 6.16 Å². The fourth-order valence-corrected chi connectivity index (χ4v) is 0.941. The predicted molar refractivity (Wildman–Crippen MR) is 53.8 cm³/mol. The van der Waals surface area contributed by atoms with E-state index in [1.165, 1.54) is 0 Å². The molecule has 0 N–H and O–H groups in total. The lowest BCUT2D eigenvalue weighted by atomic mass is 10.7. The standard InChI is InChI=1S/C10H20O4/c1-5-9-14-10(11-6-2,12-7-3)13-8-4/h5H,1,6-9H2,2-4H3. The zero-order valence-corrected chi connectivity index (χ0v) is 9.25. The molecule has 4 nitrogen and oxygen atoms in total. The number of hydrogen-bond donors (Lipinski definition) is 0. The Labute approximate surface area is 85.8 Å². The van der Waals surface area contributed by atoms with Crippen LogP contribution in [0, 0.1) is 0 Å². The minimum absolute atomic E-state index is 0.319. The maximum Gasteiger partial charge on any atom is 0.412 e. The molecule has 0 aromatic carbocycles. The first-order chi connectivity index (χ1) is 6.74. The highest BCUT2D eigenvalue weighted by Crippen LogP contribution is 2.17. The van der Waals surface area contributed by atoms with Crippen molar-refractivity contribution in [1.82, 2.24) is 0 Å². The van der Waals surface area contributed by atoms with Crippen LogP contribution in [0.15, 0.2) is 12.7 Å². The monoisotopic (exact) mass is 204 g/mol. The van der Waals surface area contributed by atoms with E-state index in [9.17, 15) is 0 Å². The summed E-state index contributed by atoms with van der Waals surface area (Å²) in [4.78, 5) is 0. The van der Waals surface area contributed by atoms with E-state index in [0.717, 1.165) is 0 Å². The normalized spacial score (nSPS) is 11.6. The fraction of sp³-hybridized carbons (Fsp3) is 0.800. The molecule has 0 saturated carbocycles. The van der Waals surface area contributed by atoms with Crippen molar-refractivity contribution in [2.24, 2.45) is 0 Å². The molecule has 0 saturated heterocycles. The van der Waals surface area contributed by atoms with Crippen molar-refractivity contribution in [3.05, 3.63) is 12.7 Å². The Morgan fingerprint density at radius 1 is 0.929 bits per heavy atom. The van der Waals surface area contributed by atoms with Gasteiger partial charge in [-0.1, -0.05) is 6.08 Å². The van der Waals surface area contributed by atoms with Gasteiger partial charge in [-0.05, 0) is 20.8 Å². The highest BCUT2D eigenvalue weighted by atomic mass is 17.0. The molecule has 4 heteroatoms. The molecule has 0 amide bonds. The first-order valence-corrected chi connectivity index (χ1v) is 4.91. The summed E-state index contributed by atoms with van der Waals surface area (Å²) in [5, 5.41) is 0. The van der Waals surface area contributed by atoms with Gasteiger partial charge in [0.05, 0.1) is 26.4 Å². The van der Waals surface area contributed by atoms with E-state index >= 15 is 0 Å². The molecule has 0 unspecified atom stereocenters. The molecule has 0 spiro atoms. The van der Waals surface area contributed by atoms with Gasteiger partial charge in [-0.2, -0.15) is 0 Å². The molecular weight excluding hydrogens is 184 g/mol. The Bertz CT molecular complexity index is 130. The third-order valence-corrected chi connectivity index (χ3v) is 1.34. The van der Waals surface area contributed by atoms with E-state index in [2.05, 4.69) is 6.58 Å². The Kier molecular flexibility index (Phi) is 7.70. The van der Waals surface area contributed by atoms with Crippen LogP contribution in [0.25, 0.3) is 0 Å². The minimum Gasteiger partial charge on any atom is -0.304 e. The third kappa shape index (κ3) is 4.72. The summed E-state index contributed by atoms with van der Waals surface area (Å²) in [5.74, 6) is 0. The lowest BCUT2D eigenvalue weighted by Gasteiger charge is -2.30. The minimum atomic E-state index is -1.37. The van der Waals surface area contributed by atoms with Gasteiger partial charge in [0.2, 0.25) is 0 Å². The van der Waals surface area contributed by atoms with Crippen LogP contribution in [0.1, 0.15) is 20.8 Å². The van der Waals surface area contributed by atoms with Crippen molar-refractivity contribution in [2.45, 2.75) is 26.9 Å². The van der Waals surface area contributed by atoms with Gasteiger partial charge < -0.3 is 14.2 Å². The zero-order valence-electron chi connectivity index (χ0n) is 9.25. The van der Waals surface area contributed by atoms with Crippen LogP contribution in [0.5, 0.6) is 0 Å². The van der Waals surface area contributed by atoms with Gasteiger partial charge in [0.1, 0.15) is 0 Å². The maximum absolute atomic E-state index is 5.32. The first kappa shape index (κ1) is 13.6. The van der Waals surface area contributed by atoms with Gasteiger partial charge in [0, 0.05) is 0 Å². The molecule has 0 bridgehead atoms. The van der Waals surface area contributed by atoms with Crippen molar-refractivity contribution in [3.63, 3.8) is 0 Å². The molecule has 0 heterocycles. The van der Waals surface area contributed by atoms with Gasteiger partial charge in [0.25, 0.3) is 0 Å².